The molecular formula is C28H25N7O3S2. The number of amides is 1. The molecule has 0 aliphatic carbocycles. The Morgan fingerprint density at radius 2 is 1.93 bits per heavy atom. The van der Waals surface area contributed by atoms with E-state index in [0.717, 1.165) is 10.4 Å². The zero-order valence-electron chi connectivity index (χ0n) is 21.7. The van der Waals surface area contributed by atoms with Crippen LogP contribution in [0.5, 0.6) is 0 Å². The van der Waals surface area contributed by atoms with E-state index in [-0.39, 0.29) is 35.4 Å². The third-order valence-corrected chi connectivity index (χ3v) is 8.61. The second-order valence-electron chi connectivity index (χ2n) is 9.53. The number of hydrogen-bond acceptors (Lipinski definition) is 8. The van der Waals surface area contributed by atoms with E-state index in [2.05, 4.69) is 25.4 Å². The highest BCUT2D eigenvalue weighted by atomic mass is 32.2. The molecule has 0 saturated carbocycles. The molecule has 6 rings (SSSR count). The lowest BCUT2D eigenvalue weighted by molar-refractivity contribution is -0.116. The molecule has 12 heteroatoms. The number of aryl methyl sites for hydroxylation is 2. The van der Waals surface area contributed by atoms with E-state index in [1.807, 2.05) is 47.8 Å². The number of thiophene rings is 1. The van der Waals surface area contributed by atoms with Crippen LogP contribution in [0.3, 0.4) is 0 Å². The van der Waals surface area contributed by atoms with Gasteiger partial charge in [0, 0.05) is 42.0 Å². The lowest BCUT2D eigenvalue weighted by atomic mass is 10.1. The second-order valence-corrected chi connectivity index (χ2v) is 11.5. The molecule has 0 saturated heterocycles. The predicted molar refractivity (Wildman–Crippen MR) is 156 cm³/mol. The molecule has 1 unspecified atom stereocenters. The first-order valence-electron chi connectivity index (χ1n) is 12.7. The van der Waals surface area contributed by atoms with Crippen LogP contribution in [-0.2, 0) is 11.2 Å². The number of H-pyrrole nitrogens is 1. The number of anilines is 1. The van der Waals surface area contributed by atoms with E-state index >= 15 is 0 Å². The fourth-order valence-corrected chi connectivity index (χ4v) is 6.58. The Morgan fingerprint density at radius 3 is 2.67 bits per heavy atom. The standard InChI is InChI=1S/C28H25N7O3S2/c1-16-11-25(37)34-19(15-40-28(34)29-16)13-24(36)31-23-14-21(22-9-6-10-39-22)33-35(23)27-30-17(2)20(26(38)32-27)12-18-7-4-3-5-8-18/h3-11,14,19H,12-13,15H2,1-2H3,(H,31,36)(H,30,32,38). The number of aromatic amines is 1. The molecular weight excluding hydrogens is 546 g/mol. The maximum atomic E-state index is 13.2. The molecule has 0 fully saturated rings. The minimum Gasteiger partial charge on any atom is -0.310 e. The van der Waals surface area contributed by atoms with Gasteiger partial charge in [-0.25, -0.2) is 9.97 Å². The largest absolute Gasteiger partial charge is 0.310 e. The summed E-state index contributed by atoms with van der Waals surface area (Å²) < 4.78 is 3.03. The number of rotatable bonds is 7. The van der Waals surface area contributed by atoms with Gasteiger partial charge in [-0.05, 0) is 30.9 Å². The number of benzene rings is 1. The number of nitrogens with zero attached hydrogens (tertiary/aromatic N) is 5. The Hall–Kier alpha value is -4.29. The van der Waals surface area contributed by atoms with Crippen molar-refractivity contribution in [2.45, 2.75) is 37.9 Å². The zero-order chi connectivity index (χ0) is 27.8. The molecule has 1 amide bonds. The van der Waals surface area contributed by atoms with E-state index in [1.54, 1.807) is 24.5 Å². The molecule has 0 spiro atoms. The Kier molecular flexibility index (Phi) is 6.95. The second kappa shape index (κ2) is 10.7. The molecule has 2 N–H and O–H groups in total. The topological polar surface area (TPSA) is 128 Å². The monoisotopic (exact) mass is 571 g/mol. The lowest BCUT2D eigenvalue weighted by Crippen LogP contribution is -2.28. The van der Waals surface area contributed by atoms with Crippen molar-refractivity contribution in [1.29, 1.82) is 0 Å². The first kappa shape index (κ1) is 26.0. The molecule has 1 atom stereocenters. The highest BCUT2D eigenvalue weighted by Gasteiger charge is 2.28. The number of nitrogens with one attached hydrogen (secondary N) is 2. The number of carbonyl (C=O) groups excluding carboxylic acids is 1. The summed E-state index contributed by atoms with van der Waals surface area (Å²) in [4.78, 5) is 51.8. The van der Waals surface area contributed by atoms with Gasteiger partial charge in [-0.3, -0.25) is 23.9 Å². The lowest BCUT2D eigenvalue weighted by Gasteiger charge is -2.14. The number of aromatic nitrogens is 6. The quantitative estimate of drug-likeness (QED) is 0.281. The van der Waals surface area contributed by atoms with Gasteiger partial charge in [0.25, 0.3) is 11.1 Å². The van der Waals surface area contributed by atoms with Gasteiger partial charge in [0.05, 0.1) is 16.6 Å². The first-order chi connectivity index (χ1) is 19.4. The Labute approximate surface area is 237 Å². The van der Waals surface area contributed by atoms with Gasteiger partial charge in [0.15, 0.2) is 5.16 Å². The molecule has 5 heterocycles. The summed E-state index contributed by atoms with van der Waals surface area (Å²) in [6.45, 7) is 3.57. The van der Waals surface area contributed by atoms with Crippen LogP contribution < -0.4 is 16.4 Å². The SMILES string of the molecule is Cc1cc(=O)n2c(n1)SCC2CC(=O)Nc1cc(-c2cccs2)nn1-c1nc(C)c(Cc2ccccc2)c(=O)[nH]1. The summed E-state index contributed by atoms with van der Waals surface area (Å²) in [7, 11) is 0. The number of fused-ring (bicyclic) bond motifs is 1. The first-order valence-corrected chi connectivity index (χ1v) is 14.5. The molecule has 5 aromatic rings. The van der Waals surface area contributed by atoms with Crippen molar-refractivity contribution < 1.29 is 4.79 Å². The van der Waals surface area contributed by atoms with E-state index in [9.17, 15) is 14.4 Å². The molecule has 0 bridgehead atoms. The van der Waals surface area contributed by atoms with Crippen molar-refractivity contribution in [2.75, 3.05) is 11.1 Å². The summed E-state index contributed by atoms with van der Waals surface area (Å²) in [6.07, 6.45) is 0.538. The third kappa shape index (κ3) is 5.15. The molecule has 10 nitrogen and oxygen atoms in total. The van der Waals surface area contributed by atoms with Crippen LogP contribution >= 0.6 is 23.1 Å². The van der Waals surface area contributed by atoms with E-state index in [1.165, 1.54) is 33.8 Å². The minimum atomic E-state index is -0.314. The fraction of sp³-hybridized carbons (Fsp3) is 0.214. The molecule has 1 aromatic carbocycles. The minimum absolute atomic E-state index is 0.0865. The summed E-state index contributed by atoms with van der Waals surface area (Å²) in [5.74, 6) is 0.863. The summed E-state index contributed by atoms with van der Waals surface area (Å²) in [5, 5.41) is 10.2. The van der Waals surface area contributed by atoms with Crippen LogP contribution in [0.1, 0.15) is 35.0 Å². The Balaban J connectivity index is 1.31. The van der Waals surface area contributed by atoms with Crippen molar-refractivity contribution in [3.8, 4) is 16.5 Å². The highest BCUT2D eigenvalue weighted by Crippen LogP contribution is 2.33. The van der Waals surface area contributed by atoms with Gasteiger partial charge < -0.3 is 5.32 Å². The van der Waals surface area contributed by atoms with Crippen molar-refractivity contribution in [3.63, 3.8) is 0 Å². The van der Waals surface area contributed by atoms with E-state index in [0.29, 0.717) is 45.8 Å². The van der Waals surface area contributed by atoms with Gasteiger partial charge in [0.2, 0.25) is 11.9 Å². The van der Waals surface area contributed by atoms with Crippen LogP contribution in [0.4, 0.5) is 5.82 Å². The van der Waals surface area contributed by atoms with Gasteiger partial charge in [-0.1, -0.05) is 48.2 Å². The smallest absolute Gasteiger partial charge is 0.256 e. The zero-order valence-corrected chi connectivity index (χ0v) is 23.4. The van der Waals surface area contributed by atoms with Crippen molar-refractivity contribution in [2.24, 2.45) is 0 Å². The average molecular weight is 572 g/mol. The van der Waals surface area contributed by atoms with Gasteiger partial charge in [0.1, 0.15) is 11.5 Å². The fourth-order valence-electron chi connectivity index (χ4n) is 4.70. The molecule has 1 aliphatic rings. The van der Waals surface area contributed by atoms with Crippen LogP contribution in [-0.4, -0.2) is 41.0 Å². The van der Waals surface area contributed by atoms with E-state index in [4.69, 9.17) is 0 Å². The van der Waals surface area contributed by atoms with Crippen LogP contribution in [0.15, 0.2) is 74.7 Å². The number of hydrogen-bond donors (Lipinski definition) is 2. The maximum absolute atomic E-state index is 13.2. The van der Waals surface area contributed by atoms with Gasteiger partial charge >= 0.3 is 0 Å². The maximum Gasteiger partial charge on any atom is 0.256 e. The summed E-state index contributed by atoms with van der Waals surface area (Å²) in [6, 6.07) is 16.5. The summed E-state index contributed by atoms with van der Waals surface area (Å²) in [5.41, 5.74) is 3.02. The normalized spacial score (nSPS) is 14.3. The van der Waals surface area contributed by atoms with Crippen molar-refractivity contribution >= 4 is 34.8 Å². The van der Waals surface area contributed by atoms with Crippen molar-refractivity contribution in [1.82, 2.24) is 29.3 Å². The van der Waals surface area contributed by atoms with Gasteiger partial charge in [-0.15, -0.1) is 11.3 Å². The Bertz CT molecular complexity index is 1830. The molecule has 4 aromatic heterocycles. The van der Waals surface area contributed by atoms with Crippen LogP contribution in [0.25, 0.3) is 16.5 Å². The van der Waals surface area contributed by atoms with Crippen LogP contribution in [0.2, 0.25) is 0 Å². The molecule has 202 valence electrons. The molecule has 40 heavy (non-hydrogen) atoms. The molecule has 1 aliphatic heterocycles. The van der Waals surface area contributed by atoms with Crippen molar-refractivity contribution in [3.05, 3.63) is 103 Å². The van der Waals surface area contributed by atoms with Gasteiger partial charge in [-0.2, -0.15) is 9.78 Å². The van der Waals surface area contributed by atoms with Crippen LogP contribution in [0, 0.1) is 13.8 Å². The number of carbonyl (C=O) groups is 1. The third-order valence-electron chi connectivity index (χ3n) is 6.62. The molecule has 0 radical (unpaired) electrons. The highest BCUT2D eigenvalue weighted by molar-refractivity contribution is 7.99. The summed E-state index contributed by atoms with van der Waals surface area (Å²) >= 11 is 2.98. The Morgan fingerprint density at radius 1 is 1.10 bits per heavy atom. The van der Waals surface area contributed by atoms with E-state index < -0.39 is 0 Å². The number of thioether (sulfide) groups is 1. The average Bonchev–Trinajstić information content (AvgIpc) is 3.67. The predicted octanol–water partition coefficient (Wildman–Crippen LogP) is 4.12.